The molecule has 0 aliphatic carbocycles. The van der Waals surface area contributed by atoms with Gasteiger partial charge in [0.2, 0.25) is 0 Å². The highest BCUT2D eigenvalue weighted by atomic mass is 19.1. The molecule has 1 aromatic rings. The molecule has 0 aliphatic heterocycles. The molecule has 1 atom stereocenters. The molecular weight excluding hydrogens is 183 g/mol. The number of halogens is 1. The van der Waals surface area contributed by atoms with Crippen molar-refractivity contribution >= 4 is 5.91 Å². The minimum atomic E-state index is -0.418. The SMILES string of the molecule is CC(N)CNC(=O)c1cccc(F)c1. The molecule has 0 spiro atoms. The fraction of sp³-hybridized carbons (Fsp3) is 0.300. The van der Waals surface area contributed by atoms with Gasteiger partial charge in [0.05, 0.1) is 0 Å². The van der Waals surface area contributed by atoms with E-state index in [0.29, 0.717) is 12.1 Å². The Balaban J connectivity index is 2.61. The lowest BCUT2D eigenvalue weighted by Crippen LogP contribution is -2.35. The summed E-state index contributed by atoms with van der Waals surface area (Å²) in [6, 6.07) is 5.43. The van der Waals surface area contributed by atoms with Gasteiger partial charge in [0.25, 0.3) is 5.91 Å². The molecule has 0 aromatic heterocycles. The van der Waals surface area contributed by atoms with E-state index in [1.165, 1.54) is 18.2 Å². The maximum atomic E-state index is 12.7. The minimum absolute atomic E-state index is 0.104. The smallest absolute Gasteiger partial charge is 0.251 e. The first-order valence-electron chi connectivity index (χ1n) is 4.39. The van der Waals surface area contributed by atoms with E-state index in [1.54, 1.807) is 13.0 Å². The topological polar surface area (TPSA) is 55.1 Å². The summed E-state index contributed by atoms with van der Waals surface area (Å²) in [5.41, 5.74) is 5.77. The number of carbonyl (C=O) groups excluding carboxylic acids is 1. The zero-order valence-corrected chi connectivity index (χ0v) is 7.96. The first kappa shape index (κ1) is 10.7. The van der Waals surface area contributed by atoms with Gasteiger partial charge in [0.15, 0.2) is 0 Å². The molecule has 3 N–H and O–H groups in total. The van der Waals surface area contributed by atoms with E-state index in [9.17, 15) is 9.18 Å². The number of nitrogens with one attached hydrogen (secondary N) is 1. The van der Waals surface area contributed by atoms with Crippen LogP contribution in [0.1, 0.15) is 17.3 Å². The molecular formula is C10H13FN2O. The summed E-state index contributed by atoms with van der Waals surface area (Å²) in [6.07, 6.45) is 0. The van der Waals surface area contributed by atoms with Crippen LogP contribution in [0.3, 0.4) is 0 Å². The Morgan fingerprint density at radius 2 is 2.36 bits per heavy atom. The second kappa shape index (κ2) is 4.72. The van der Waals surface area contributed by atoms with Crippen LogP contribution in [0.5, 0.6) is 0 Å². The van der Waals surface area contributed by atoms with Crippen molar-refractivity contribution in [3.63, 3.8) is 0 Å². The van der Waals surface area contributed by atoms with Gasteiger partial charge in [-0.15, -0.1) is 0 Å². The summed E-state index contributed by atoms with van der Waals surface area (Å²) in [6.45, 7) is 2.17. The van der Waals surface area contributed by atoms with E-state index in [1.807, 2.05) is 0 Å². The highest BCUT2D eigenvalue weighted by molar-refractivity contribution is 5.94. The Morgan fingerprint density at radius 3 is 2.93 bits per heavy atom. The number of benzene rings is 1. The zero-order valence-electron chi connectivity index (χ0n) is 7.96. The van der Waals surface area contributed by atoms with Crippen molar-refractivity contribution in [2.24, 2.45) is 5.73 Å². The third-order valence-corrected chi connectivity index (χ3v) is 1.67. The lowest BCUT2D eigenvalue weighted by Gasteiger charge is -2.07. The van der Waals surface area contributed by atoms with Crippen molar-refractivity contribution in [1.82, 2.24) is 5.32 Å². The minimum Gasteiger partial charge on any atom is -0.350 e. The molecule has 1 aromatic carbocycles. The van der Waals surface area contributed by atoms with Crippen molar-refractivity contribution in [3.8, 4) is 0 Å². The maximum Gasteiger partial charge on any atom is 0.251 e. The van der Waals surface area contributed by atoms with E-state index in [-0.39, 0.29) is 11.9 Å². The second-order valence-corrected chi connectivity index (χ2v) is 3.20. The first-order chi connectivity index (χ1) is 6.59. The number of amides is 1. The Morgan fingerprint density at radius 1 is 1.64 bits per heavy atom. The molecule has 0 aliphatic rings. The summed E-state index contributed by atoms with van der Waals surface area (Å²) in [5, 5.41) is 2.60. The first-order valence-corrected chi connectivity index (χ1v) is 4.39. The summed E-state index contributed by atoms with van der Waals surface area (Å²) in [5.74, 6) is -0.722. The van der Waals surface area contributed by atoms with Crippen LogP contribution in [0.4, 0.5) is 4.39 Å². The standard InChI is InChI=1S/C10H13FN2O/c1-7(12)6-13-10(14)8-3-2-4-9(11)5-8/h2-5,7H,6,12H2,1H3,(H,13,14). The Hall–Kier alpha value is -1.42. The van der Waals surface area contributed by atoms with Gasteiger partial charge in [0, 0.05) is 18.2 Å². The van der Waals surface area contributed by atoms with Crippen molar-refractivity contribution in [2.45, 2.75) is 13.0 Å². The summed E-state index contributed by atoms with van der Waals surface area (Å²) < 4.78 is 12.7. The van der Waals surface area contributed by atoms with Gasteiger partial charge >= 0.3 is 0 Å². The monoisotopic (exact) mass is 196 g/mol. The van der Waals surface area contributed by atoms with Crippen LogP contribution in [0, 0.1) is 5.82 Å². The predicted octanol–water partition coefficient (Wildman–Crippen LogP) is 0.903. The summed E-state index contributed by atoms with van der Waals surface area (Å²) in [4.78, 5) is 11.4. The molecule has 0 saturated carbocycles. The fourth-order valence-corrected chi connectivity index (χ4v) is 0.985. The Kier molecular flexibility index (Phi) is 3.59. The van der Waals surface area contributed by atoms with Crippen molar-refractivity contribution in [3.05, 3.63) is 35.6 Å². The van der Waals surface area contributed by atoms with Crippen molar-refractivity contribution in [2.75, 3.05) is 6.54 Å². The van der Waals surface area contributed by atoms with Crippen molar-refractivity contribution < 1.29 is 9.18 Å². The molecule has 0 bridgehead atoms. The average Bonchev–Trinajstić information content (AvgIpc) is 2.14. The van der Waals surface area contributed by atoms with Crippen LogP contribution in [-0.4, -0.2) is 18.5 Å². The lowest BCUT2D eigenvalue weighted by molar-refractivity contribution is 0.0951. The van der Waals surface area contributed by atoms with Gasteiger partial charge < -0.3 is 11.1 Å². The Bertz CT molecular complexity index is 326. The number of carbonyl (C=O) groups is 1. The van der Waals surface area contributed by atoms with E-state index in [4.69, 9.17) is 5.73 Å². The van der Waals surface area contributed by atoms with Crippen LogP contribution in [0.15, 0.2) is 24.3 Å². The van der Waals surface area contributed by atoms with E-state index >= 15 is 0 Å². The molecule has 1 amide bonds. The van der Waals surface area contributed by atoms with Gasteiger partial charge in [-0.2, -0.15) is 0 Å². The lowest BCUT2D eigenvalue weighted by atomic mass is 10.2. The third-order valence-electron chi connectivity index (χ3n) is 1.67. The van der Waals surface area contributed by atoms with Crippen LogP contribution >= 0.6 is 0 Å². The van der Waals surface area contributed by atoms with Gasteiger partial charge in [0.1, 0.15) is 5.82 Å². The van der Waals surface area contributed by atoms with Gasteiger partial charge in [-0.3, -0.25) is 4.79 Å². The van der Waals surface area contributed by atoms with Gasteiger partial charge in [-0.05, 0) is 25.1 Å². The van der Waals surface area contributed by atoms with Crippen LogP contribution in [0.2, 0.25) is 0 Å². The normalized spacial score (nSPS) is 12.2. The Labute approximate surface area is 82.1 Å². The molecule has 0 fully saturated rings. The molecule has 76 valence electrons. The molecule has 4 heteroatoms. The molecule has 3 nitrogen and oxygen atoms in total. The van der Waals surface area contributed by atoms with E-state index in [2.05, 4.69) is 5.32 Å². The molecule has 0 radical (unpaired) electrons. The number of hydrogen-bond acceptors (Lipinski definition) is 2. The average molecular weight is 196 g/mol. The number of nitrogens with two attached hydrogens (primary N) is 1. The maximum absolute atomic E-state index is 12.7. The van der Waals surface area contributed by atoms with Gasteiger partial charge in [-0.1, -0.05) is 6.07 Å². The third kappa shape index (κ3) is 3.14. The number of hydrogen-bond donors (Lipinski definition) is 2. The quantitative estimate of drug-likeness (QED) is 0.754. The van der Waals surface area contributed by atoms with Crippen LogP contribution in [0.25, 0.3) is 0 Å². The molecule has 0 saturated heterocycles. The molecule has 1 unspecified atom stereocenters. The fourth-order valence-electron chi connectivity index (χ4n) is 0.985. The second-order valence-electron chi connectivity index (χ2n) is 3.20. The largest absolute Gasteiger partial charge is 0.350 e. The summed E-state index contributed by atoms with van der Waals surface area (Å²) >= 11 is 0. The predicted molar refractivity (Wildman–Crippen MR) is 52.4 cm³/mol. The zero-order chi connectivity index (χ0) is 10.6. The van der Waals surface area contributed by atoms with Crippen LogP contribution in [-0.2, 0) is 0 Å². The number of rotatable bonds is 3. The summed E-state index contributed by atoms with van der Waals surface area (Å²) in [7, 11) is 0. The van der Waals surface area contributed by atoms with E-state index in [0.717, 1.165) is 0 Å². The highest BCUT2D eigenvalue weighted by Crippen LogP contribution is 2.02. The van der Waals surface area contributed by atoms with Crippen molar-refractivity contribution in [1.29, 1.82) is 0 Å². The molecule has 1 rings (SSSR count). The molecule has 14 heavy (non-hydrogen) atoms. The van der Waals surface area contributed by atoms with Gasteiger partial charge in [-0.25, -0.2) is 4.39 Å². The van der Waals surface area contributed by atoms with Crippen LogP contribution < -0.4 is 11.1 Å². The highest BCUT2D eigenvalue weighted by Gasteiger charge is 2.05. The molecule has 0 heterocycles. The van der Waals surface area contributed by atoms with E-state index < -0.39 is 5.82 Å².